The van der Waals surface area contributed by atoms with Crippen molar-refractivity contribution in [2.24, 2.45) is 5.92 Å². The Labute approximate surface area is 170 Å². The molecule has 1 aliphatic rings. The number of benzene rings is 1. The van der Waals surface area contributed by atoms with Crippen LogP contribution in [0.3, 0.4) is 0 Å². The van der Waals surface area contributed by atoms with Gasteiger partial charge in [0.25, 0.3) is 0 Å². The summed E-state index contributed by atoms with van der Waals surface area (Å²) in [6.07, 6.45) is -1.03. The number of hydrogen-bond donors (Lipinski definition) is 1. The molecular formula is C19H20F3N5O3. The van der Waals surface area contributed by atoms with Gasteiger partial charge in [0.15, 0.2) is 5.82 Å². The van der Waals surface area contributed by atoms with Crippen molar-refractivity contribution in [2.75, 3.05) is 13.1 Å². The van der Waals surface area contributed by atoms with Crippen LogP contribution in [0.5, 0.6) is 0 Å². The van der Waals surface area contributed by atoms with Gasteiger partial charge in [0.1, 0.15) is 0 Å². The van der Waals surface area contributed by atoms with E-state index >= 15 is 0 Å². The Morgan fingerprint density at radius 2 is 1.97 bits per heavy atom. The number of nitrogens with zero attached hydrogens (tertiary/aromatic N) is 5. The Balaban J connectivity index is 1.78. The molecule has 0 spiro atoms. The molecule has 0 aliphatic carbocycles. The molecule has 1 aromatic carbocycles. The Kier molecular flexibility index (Phi) is 6.18. The molecule has 1 aliphatic heterocycles. The molecule has 1 N–H and O–H groups in total. The van der Waals surface area contributed by atoms with E-state index in [0.717, 1.165) is 12.1 Å². The summed E-state index contributed by atoms with van der Waals surface area (Å²) in [7, 11) is 0. The molecule has 0 unspecified atom stereocenters. The number of hydrogen-bond acceptors (Lipinski definition) is 5. The van der Waals surface area contributed by atoms with E-state index < -0.39 is 23.6 Å². The van der Waals surface area contributed by atoms with Crippen LogP contribution < -0.4 is 0 Å². The summed E-state index contributed by atoms with van der Waals surface area (Å²) in [6.45, 7) is 2.22. The van der Waals surface area contributed by atoms with Crippen LogP contribution in [0.15, 0.2) is 24.3 Å². The summed E-state index contributed by atoms with van der Waals surface area (Å²) in [5.74, 6) is -1.26. The zero-order chi connectivity index (χ0) is 21.9. The molecule has 1 aromatic heterocycles. The third-order valence-corrected chi connectivity index (χ3v) is 4.90. The lowest BCUT2D eigenvalue weighted by Crippen LogP contribution is -2.39. The number of carbonyl (C=O) groups excluding carboxylic acids is 1. The van der Waals surface area contributed by atoms with Gasteiger partial charge in [-0.25, -0.2) is 0 Å². The van der Waals surface area contributed by atoms with Crippen LogP contribution in [-0.2, 0) is 22.3 Å². The van der Waals surface area contributed by atoms with E-state index in [9.17, 15) is 22.8 Å². The predicted molar refractivity (Wildman–Crippen MR) is 99.1 cm³/mol. The Hall–Kier alpha value is -3.24. The van der Waals surface area contributed by atoms with Crippen molar-refractivity contribution >= 4 is 18.0 Å². The maximum Gasteiger partial charge on any atom is 0.416 e. The number of amides is 1. The largest absolute Gasteiger partial charge is 0.481 e. The molecule has 0 atom stereocenters. The molecule has 11 heteroatoms. The van der Waals surface area contributed by atoms with Crippen LogP contribution >= 0.6 is 0 Å². The van der Waals surface area contributed by atoms with Gasteiger partial charge in [-0.1, -0.05) is 6.07 Å². The number of tetrazole rings is 1. The van der Waals surface area contributed by atoms with Gasteiger partial charge < -0.3 is 10.0 Å². The first-order valence-corrected chi connectivity index (χ1v) is 9.28. The van der Waals surface area contributed by atoms with E-state index in [0.29, 0.717) is 37.3 Å². The Bertz CT molecular complexity index is 963. The number of carboxylic acid groups (broad SMARTS) is 1. The van der Waals surface area contributed by atoms with Crippen molar-refractivity contribution in [3.63, 3.8) is 0 Å². The zero-order valence-electron chi connectivity index (χ0n) is 16.1. The molecule has 1 saturated heterocycles. The number of halogens is 3. The number of aliphatic carboxylic acids is 1. The smallest absolute Gasteiger partial charge is 0.416 e. The highest BCUT2D eigenvalue weighted by Crippen LogP contribution is 2.31. The number of likely N-dealkylation sites (tertiary alicyclic amines) is 1. The minimum atomic E-state index is -4.51. The van der Waals surface area contributed by atoms with Gasteiger partial charge in [-0.2, -0.15) is 18.0 Å². The molecule has 3 rings (SSSR count). The third-order valence-electron chi connectivity index (χ3n) is 4.90. The first-order chi connectivity index (χ1) is 14.1. The average Bonchev–Trinajstić information content (AvgIpc) is 3.10. The fourth-order valence-electron chi connectivity index (χ4n) is 3.24. The number of carboxylic acids is 1. The van der Waals surface area contributed by atoms with Gasteiger partial charge in [0.2, 0.25) is 5.91 Å². The fraction of sp³-hybridized carbons (Fsp3) is 0.421. The summed E-state index contributed by atoms with van der Waals surface area (Å²) >= 11 is 0. The van der Waals surface area contributed by atoms with Gasteiger partial charge in [0.05, 0.1) is 18.0 Å². The van der Waals surface area contributed by atoms with Crippen LogP contribution in [0, 0.1) is 12.8 Å². The normalized spacial score (nSPS) is 15.7. The molecule has 160 valence electrons. The minimum Gasteiger partial charge on any atom is -0.481 e. The lowest BCUT2D eigenvalue weighted by atomic mass is 9.97. The van der Waals surface area contributed by atoms with Crippen molar-refractivity contribution in [3.05, 3.63) is 46.8 Å². The van der Waals surface area contributed by atoms with Crippen molar-refractivity contribution in [3.8, 4) is 0 Å². The third kappa shape index (κ3) is 5.22. The number of aromatic nitrogens is 4. The number of piperidine rings is 1. The van der Waals surface area contributed by atoms with E-state index in [1.807, 2.05) is 0 Å². The average molecular weight is 423 g/mol. The van der Waals surface area contributed by atoms with Gasteiger partial charge in [-0.05, 0) is 54.3 Å². The second kappa shape index (κ2) is 8.64. The maximum absolute atomic E-state index is 13.1. The highest BCUT2D eigenvalue weighted by molar-refractivity contribution is 5.92. The number of rotatable bonds is 5. The summed E-state index contributed by atoms with van der Waals surface area (Å²) in [5.41, 5.74) is -0.101. The van der Waals surface area contributed by atoms with Gasteiger partial charge in [0, 0.05) is 19.2 Å². The van der Waals surface area contributed by atoms with Crippen LogP contribution in [0.25, 0.3) is 6.08 Å². The molecule has 1 amide bonds. The van der Waals surface area contributed by atoms with Gasteiger partial charge >= 0.3 is 12.1 Å². The van der Waals surface area contributed by atoms with Crippen LogP contribution in [0.2, 0.25) is 0 Å². The summed E-state index contributed by atoms with van der Waals surface area (Å²) in [5, 5.41) is 20.5. The van der Waals surface area contributed by atoms with Crippen LogP contribution in [0.4, 0.5) is 13.2 Å². The lowest BCUT2D eigenvalue weighted by molar-refractivity contribution is -0.144. The summed E-state index contributed by atoms with van der Waals surface area (Å²) < 4.78 is 39.4. The van der Waals surface area contributed by atoms with Gasteiger partial charge in [-0.15, -0.1) is 10.2 Å². The van der Waals surface area contributed by atoms with E-state index in [-0.39, 0.29) is 18.0 Å². The molecule has 2 heterocycles. The second-order valence-electron chi connectivity index (χ2n) is 7.05. The molecular weight excluding hydrogens is 403 g/mol. The number of alkyl halides is 3. The van der Waals surface area contributed by atoms with Crippen molar-refractivity contribution in [1.82, 2.24) is 25.1 Å². The zero-order valence-corrected chi connectivity index (χ0v) is 16.1. The van der Waals surface area contributed by atoms with E-state index in [1.165, 1.54) is 27.9 Å². The van der Waals surface area contributed by atoms with E-state index in [4.69, 9.17) is 5.11 Å². The van der Waals surface area contributed by atoms with Crippen molar-refractivity contribution in [2.45, 2.75) is 32.5 Å². The Morgan fingerprint density at radius 3 is 2.53 bits per heavy atom. The highest BCUT2D eigenvalue weighted by atomic mass is 19.4. The molecule has 0 bridgehead atoms. The van der Waals surface area contributed by atoms with Crippen molar-refractivity contribution in [1.29, 1.82) is 0 Å². The number of aryl methyl sites for hydroxylation is 1. The molecule has 0 radical (unpaired) electrons. The molecule has 30 heavy (non-hydrogen) atoms. The number of carbonyl (C=O) groups is 2. The van der Waals surface area contributed by atoms with Crippen LogP contribution in [0.1, 0.15) is 35.4 Å². The summed E-state index contributed by atoms with van der Waals surface area (Å²) in [4.78, 5) is 26.1. The second-order valence-corrected chi connectivity index (χ2v) is 7.05. The lowest BCUT2D eigenvalue weighted by Gasteiger charge is -2.29. The first kappa shape index (κ1) is 21.5. The Morgan fingerprint density at radius 1 is 1.27 bits per heavy atom. The molecule has 1 fully saturated rings. The molecule has 2 aromatic rings. The maximum atomic E-state index is 13.1. The monoisotopic (exact) mass is 423 g/mol. The molecule has 0 saturated carbocycles. The molecule has 8 nitrogen and oxygen atoms in total. The summed E-state index contributed by atoms with van der Waals surface area (Å²) in [6, 6.07) is 3.25. The first-order valence-electron chi connectivity index (χ1n) is 9.28. The van der Waals surface area contributed by atoms with Crippen molar-refractivity contribution < 1.29 is 27.9 Å². The van der Waals surface area contributed by atoms with Crippen LogP contribution in [-0.4, -0.2) is 55.2 Å². The highest BCUT2D eigenvalue weighted by Gasteiger charge is 2.31. The quantitative estimate of drug-likeness (QED) is 0.741. The standard InChI is InChI=1S/C19H20F3N5O3/c1-12-23-25-27(24-12)11-15-10-16(19(20,21)22)4-2-13(15)3-5-17(28)26-8-6-14(7-9-26)18(29)30/h2-5,10,14H,6-9,11H2,1H3,(H,29,30). The minimum absolute atomic E-state index is 0.0391. The topological polar surface area (TPSA) is 101 Å². The fourth-order valence-corrected chi connectivity index (χ4v) is 3.24. The van der Waals surface area contributed by atoms with E-state index in [2.05, 4.69) is 15.4 Å². The predicted octanol–water partition coefficient (Wildman–Crippen LogP) is 2.39. The SMILES string of the molecule is Cc1nnn(Cc2cc(C(F)(F)F)ccc2C=CC(=O)N2CCC(C(=O)O)CC2)n1. The van der Waals surface area contributed by atoms with E-state index in [1.54, 1.807) is 6.92 Å². The van der Waals surface area contributed by atoms with Gasteiger partial charge in [-0.3, -0.25) is 9.59 Å².